The fourth-order valence-corrected chi connectivity index (χ4v) is 14.0. The lowest BCUT2D eigenvalue weighted by atomic mass is 9.92. The Morgan fingerprint density at radius 1 is 0.571 bits per heavy atom. The number of ether oxygens (including phenoxy) is 3. The summed E-state index contributed by atoms with van der Waals surface area (Å²) >= 11 is 0. The summed E-state index contributed by atoms with van der Waals surface area (Å²) in [5, 5.41) is 14.9. The van der Waals surface area contributed by atoms with Gasteiger partial charge in [-0.3, -0.25) is 65.0 Å². The number of carbonyl (C=O) groups excluding carboxylic acids is 6. The summed E-state index contributed by atoms with van der Waals surface area (Å²) in [7, 11) is -17.8. The Kier molecular flexibility index (Phi) is 32.6. The van der Waals surface area contributed by atoms with Gasteiger partial charge in [0, 0.05) is 62.0 Å². The van der Waals surface area contributed by atoms with Crippen LogP contribution in [0.4, 0.5) is 5.69 Å². The van der Waals surface area contributed by atoms with E-state index in [1.54, 1.807) is 26.6 Å². The average molecular weight is 1460 g/mol. The van der Waals surface area contributed by atoms with E-state index >= 15 is 0 Å². The number of hydrogen-bond donors (Lipinski definition) is 6. The van der Waals surface area contributed by atoms with Gasteiger partial charge in [0.15, 0.2) is 5.78 Å². The molecule has 1 aromatic heterocycles. The molecule has 36 heteroatoms. The van der Waals surface area contributed by atoms with E-state index in [0.717, 1.165) is 27.9 Å². The van der Waals surface area contributed by atoms with Gasteiger partial charge in [-0.05, 0) is 87.6 Å². The molecule has 6 N–H and O–H groups in total. The molecular weight excluding hydrogens is 1370 g/mol. The highest BCUT2D eigenvalue weighted by Crippen LogP contribution is 2.48. The molecule has 542 valence electrons. The molecule has 2 aliphatic heterocycles. The van der Waals surface area contributed by atoms with Crippen molar-refractivity contribution in [3.63, 3.8) is 0 Å². The lowest BCUT2D eigenvalue weighted by Gasteiger charge is -2.29. The third-order valence-corrected chi connectivity index (χ3v) is 19.6. The topological polar surface area (TPSA) is 414 Å². The number of anilines is 1. The van der Waals surface area contributed by atoms with E-state index in [-0.39, 0.29) is 126 Å². The monoisotopic (exact) mass is 1460 g/mol. The SMILES string of the molecule is CC(C)OP(=O)(O)OCCCOP(=O)(O)OCCCOP(=O)(O)OCCCOP(=O)(O)OCCCCCCNC(=O)CCC(=O)N1Cc2ccccc2-c2c(nnn2CCOCCOCCOCCNC(=O)CCc2cccc3c2CN([C@@H]2CCC(=O)CC2=O)C3=O)-c2ccccc21. The number of benzene rings is 3. The molecule has 3 aromatic carbocycles. The number of phosphoric acid groups is 4. The van der Waals surface area contributed by atoms with Gasteiger partial charge in [-0.25, -0.2) is 22.9 Å². The van der Waals surface area contributed by atoms with Gasteiger partial charge in [-0.2, -0.15) is 0 Å². The predicted octanol–water partition coefficient (Wildman–Crippen LogP) is 7.47. The Bertz CT molecular complexity index is 3510. The quantitative estimate of drug-likeness (QED) is 0.0142. The number of aryl methyl sites for hydroxylation is 1. The number of amides is 4. The summed E-state index contributed by atoms with van der Waals surface area (Å²) in [6.07, 6.45) is 2.48. The van der Waals surface area contributed by atoms with Gasteiger partial charge in [0.2, 0.25) is 17.7 Å². The van der Waals surface area contributed by atoms with Crippen LogP contribution in [0.3, 0.4) is 0 Å². The van der Waals surface area contributed by atoms with Crippen molar-refractivity contribution in [1.82, 2.24) is 30.5 Å². The number of hydrogen-bond acceptors (Lipinski definition) is 23. The van der Waals surface area contributed by atoms with Crippen molar-refractivity contribution in [2.75, 3.05) is 104 Å². The maximum Gasteiger partial charge on any atom is 0.472 e. The normalized spacial score (nSPS) is 17.0. The molecular formula is C62H89N7O25P4. The highest BCUT2D eigenvalue weighted by molar-refractivity contribution is 7.48. The molecule has 0 bridgehead atoms. The summed E-state index contributed by atoms with van der Waals surface area (Å²) in [5.74, 6) is -1.24. The van der Waals surface area contributed by atoms with Gasteiger partial charge < -0.3 is 54.2 Å². The largest absolute Gasteiger partial charge is 0.472 e. The van der Waals surface area contributed by atoms with Crippen molar-refractivity contribution in [2.45, 2.75) is 136 Å². The van der Waals surface area contributed by atoms with E-state index in [4.69, 9.17) is 50.4 Å². The molecule has 0 saturated heterocycles. The minimum Gasteiger partial charge on any atom is -0.377 e. The maximum absolute atomic E-state index is 14.1. The Morgan fingerprint density at radius 3 is 1.74 bits per heavy atom. The molecule has 1 fully saturated rings. The summed E-state index contributed by atoms with van der Waals surface area (Å²) in [6, 6.07) is 20.0. The van der Waals surface area contributed by atoms with E-state index in [0.29, 0.717) is 120 Å². The van der Waals surface area contributed by atoms with E-state index in [1.165, 1.54) is 13.8 Å². The van der Waals surface area contributed by atoms with Crippen LogP contribution in [0.25, 0.3) is 22.5 Å². The van der Waals surface area contributed by atoms with Crippen LogP contribution in [-0.4, -0.2) is 186 Å². The van der Waals surface area contributed by atoms with Crippen molar-refractivity contribution >= 4 is 72.2 Å². The van der Waals surface area contributed by atoms with Crippen molar-refractivity contribution in [3.05, 3.63) is 89.0 Å². The lowest BCUT2D eigenvalue weighted by Crippen LogP contribution is -2.44. The number of carbonyl (C=O) groups is 6. The lowest BCUT2D eigenvalue weighted by molar-refractivity contribution is -0.133. The van der Waals surface area contributed by atoms with Crippen molar-refractivity contribution in [1.29, 1.82) is 0 Å². The number of Topliss-reactive ketones (excluding diaryl/α,β-unsaturated/α-hetero) is 2. The molecule has 7 rings (SSSR count). The Balaban J connectivity index is 0.701. The van der Waals surface area contributed by atoms with E-state index in [9.17, 15) is 66.6 Å². The fourth-order valence-electron chi connectivity index (χ4n) is 10.7. The molecule has 4 amide bonds. The van der Waals surface area contributed by atoms with Gasteiger partial charge in [0.1, 0.15) is 11.5 Å². The van der Waals surface area contributed by atoms with Crippen LogP contribution in [0.15, 0.2) is 66.7 Å². The number of para-hydroxylation sites is 1. The van der Waals surface area contributed by atoms with Gasteiger partial charge in [0.25, 0.3) is 5.91 Å². The molecule has 32 nitrogen and oxygen atoms in total. The first-order valence-electron chi connectivity index (χ1n) is 32.6. The number of ketones is 2. The number of fused-ring (bicyclic) bond motifs is 6. The standard InChI is InChI=1S/C62H89N7O25P4/c1-46(2)94-98(82,83)93-36-14-35-92-97(80,81)91-34-13-33-90-96(78,79)89-32-12-31-88-95(76,77)87-30-10-4-3-9-27-63-58(73)25-26-59(74)67-44-48-15-5-6-17-50(48)61-60(52-18-7-8-20-54(52)67)65-66-69(61)29-38-85-40-42-86-41-39-84-37-28-64-57(72)24-21-47-16-11-19-51-53(47)45-68(62(51)75)55-23-22-49(70)43-56(55)71/h5-8,11,15-20,46,55H,3-4,9-10,12-14,21-45H2,1-2H3,(H,63,73)(H,64,72)(H,76,77)(H,78,79)(H,80,81)(H,82,83)/t55-/m1/s1. The molecule has 0 radical (unpaired) electrons. The van der Waals surface area contributed by atoms with Crippen molar-refractivity contribution < 1.29 is 117 Å². The molecule has 3 heterocycles. The van der Waals surface area contributed by atoms with E-state index < -0.39 is 63.3 Å². The summed E-state index contributed by atoms with van der Waals surface area (Å²) in [6.45, 7) is 4.18. The third kappa shape index (κ3) is 26.7. The Hall–Kier alpha value is -5.66. The first kappa shape index (κ1) is 79.7. The van der Waals surface area contributed by atoms with Crippen molar-refractivity contribution in [2.24, 2.45) is 0 Å². The molecule has 5 atom stereocenters. The van der Waals surface area contributed by atoms with Crippen LogP contribution in [-0.2, 0) is 119 Å². The zero-order valence-corrected chi connectivity index (χ0v) is 58.6. The van der Waals surface area contributed by atoms with Gasteiger partial charge in [0.05, 0.1) is 129 Å². The maximum atomic E-state index is 14.1. The highest BCUT2D eigenvalue weighted by atomic mass is 31.2. The number of phosphoric ester groups is 4. The Labute approximate surface area is 568 Å². The summed E-state index contributed by atoms with van der Waals surface area (Å²) in [4.78, 5) is 120. The number of aromatic nitrogens is 3. The molecule has 1 saturated carbocycles. The van der Waals surface area contributed by atoms with Crippen LogP contribution < -0.4 is 15.5 Å². The molecule has 3 aliphatic rings. The van der Waals surface area contributed by atoms with Crippen LogP contribution >= 0.6 is 31.3 Å². The van der Waals surface area contributed by atoms with Gasteiger partial charge in [-0.15, -0.1) is 5.10 Å². The van der Waals surface area contributed by atoms with Crippen LogP contribution in [0.2, 0.25) is 0 Å². The minimum absolute atomic E-state index is 0.0365. The highest BCUT2D eigenvalue weighted by Gasteiger charge is 2.40. The zero-order chi connectivity index (χ0) is 70.6. The number of rotatable bonds is 47. The molecule has 0 spiro atoms. The second kappa shape index (κ2) is 40.1. The fraction of sp³-hybridized carbons (Fsp3) is 0.581. The molecule has 4 aromatic rings. The Morgan fingerprint density at radius 2 is 1.11 bits per heavy atom. The first-order chi connectivity index (χ1) is 46.9. The van der Waals surface area contributed by atoms with Gasteiger partial charge >= 0.3 is 31.3 Å². The van der Waals surface area contributed by atoms with Gasteiger partial charge in [-0.1, -0.05) is 72.7 Å². The third-order valence-electron chi connectivity index (χ3n) is 15.3. The zero-order valence-electron chi connectivity index (χ0n) is 55.0. The number of unbranched alkanes of at least 4 members (excludes halogenated alkanes) is 3. The van der Waals surface area contributed by atoms with E-state index in [1.807, 2.05) is 54.6 Å². The smallest absolute Gasteiger partial charge is 0.377 e. The number of nitrogens with zero attached hydrogens (tertiary/aromatic N) is 5. The predicted molar refractivity (Wildman–Crippen MR) is 352 cm³/mol. The summed E-state index contributed by atoms with van der Waals surface area (Å²) in [5.41, 5.74) is 6.61. The number of nitrogens with one attached hydrogen (secondary N) is 2. The second-order valence-electron chi connectivity index (χ2n) is 23.1. The average Bonchev–Trinajstić information content (AvgIpc) is 1.50. The molecule has 1 aliphatic carbocycles. The van der Waals surface area contributed by atoms with Crippen LogP contribution in [0, 0.1) is 0 Å². The second-order valence-corrected chi connectivity index (χ2v) is 28.9. The van der Waals surface area contributed by atoms with Crippen LogP contribution in [0.1, 0.15) is 124 Å². The first-order valence-corrected chi connectivity index (χ1v) is 38.6. The van der Waals surface area contributed by atoms with Crippen LogP contribution in [0.5, 0.6) is 0 Å². The van der Waals surface area contributed by atoms with E-state index in [2.05, 4.69) is 20.9 Å². The molecule has 4 unspecified atom stereocenters. The molecule has 98 heavy (non-hydrogen) atoms. The van der Waals surface area contributed by atoms with Crippen molar-refractivity contribution in [3.8, 4) is 22.5 Å². The minimum atomic E-state index is -4.57. The summed E-state index contributed by atoms with van der Waals surface area (Å²) < 4.78 is 106.